The predicted molar refractivity (Wildman–Crippen MR) is 304 cm³/mol. The molecule has 0 fully saturated rings. The fourth-order valence-electron chi connectivity index (χ4n) is 10.8. The van der Waals surface area contributed by atoms with E-state index in [2.05, 4.69) is 232 Å². The Morgan fingerprint density at radius 2 is 0.875 bits per heavy atom. The van der Waals surface area contributed by atoms with Crippen LogP contribution < -0.4 is 0 Å². The van der Waals surface area contributed by atoms with Crippen molar-refractivity contribution in [2.75, 3.05) is 0 Å². The van der Waals surface area contributed by atoms with E-state index in [0.29, 0.717) is 17.5 Å². The first kappa shape index (κ1) is 43.3. The Hall–Kier alpha value is -8.77. The fraction of sp³-hybridized carbons (Fsp3) is 0.0597. The quantitative estimate of drug-likeness (QED) is 0.152. The zero-order chi connectivity index (χ0) is 48.5. The monoisotopic (exact) mass is 940 g/mol. The van der Waals surface area contributed by atoms with Gasteiger partial charge in [-0.25, -0.2) is 15.0 Å². The number of hydrogen-bond acceptors (Lipinski definition) is 4. The van der Waals surface area contributed by atoms with Crippen molar-refractivity contribution in [3.05, 3.63) is 241 Å². The number of thiophene rings is 1. The second kappa shape index (κ2) is 17.6. The van der Waals surface area contributed by atoms with Crippen LogP contribution in [0, 0.1) is 27.7 Å². The Bertz CT molecular complexity index is 4260. The second-order valence-corrected chi connectivity index (χ2v) is 20.0. The molecule has 0 unspecified atom stereocenters. The van der Waals surface area contributed by atoms with Crippen molar-refractivity contribution in [1.82, 2.24) is 19.5 Å². The summed E-state index contributed by atoms with van der Waals surface area (Å²) in [6, 6.07) is 78.9. The van der Waals surface area contributed by atoms with Gasteiger partial charge in [0.05, 0.1) is 11.0 Å². The molecule has 0 spiro atoms. The van der Waals surface area contributed by atoms with Crippen LogP contribution in [0.25, 0.3) is 126 Å². The molecule has 0 amide bonds. The van der Waals surface area contributed by atoms with Crippen molar-refractivity contribution in [1.29, 1.82) is 0 Å². The summed E-state index contributed by atoms with van der Waals surface area (Å²) in [5.41, 5.74) is 20.7. The molecule has 5 heteroatoms. The molecule has 72 heavy (non-hydrogen) atoms. The minimum atomic E-state index is 0.641. The van der Waals surface area contributed by atoms with Gasteiger partial charge in [0.2, 0.25) is 0 Å². The first-order valence-electron chi connectivity index (χ1n) is 24.6. The summed E-state index contributed by atoms with van der Waals surface area (Å²) in [5.74, 6) is 1.92. The van der Waals surface area contributed by atoms with E-state index in [4.69, 9.17) is 15.0 Å². The Morgan fingerprint density at radius 3 is 1.71 bits per heavy atom. The molecular formula is C67H48N4S. The Morgan fingerprint density at radius 1 is 0.319 bits per heavy atom. The molecule has 0 aliphatic heterocycles. The number of hydrogen-bond donors (Lipinski definition) is 0. The topological polar surface area (TPSA) is 43.6 Å². The van der Waals surface area contributed by atoms with Crippen molar-refractivity contribution < 1.29 is 0 Å². The first-order chi connectivity index (χ1) is 35.3. The molecule has 10 aromatic carbocycles. The van der Waals surface area contributed by atoms with Gasteiger partial charge < -0.3 is 4.57 Å². The van der Waals surface area contributed by atoms with Crippen molar-refractivity contribution in [3.8, 4) is 84.4 Å². The normalized spacial score (nSPS) is 11.6. The Kier molecular flexibility index (Phi) is 10.6. The van der Waals surface area contributed by atoms with Gasteiger partial charge in [-0.2, -0.15) is 0 Å². The summed E-state index contributed by atoms with van der Waals surface area (Å²) < 4.78 is 4.95. The van der Waals surface area contributed by atoms with Gasteiger partial charge in [-0.15, -0.1) is 11.3 Å². The minimum absolute atomic E-state index is 0.641. The lowest BCUT2D eigenvalue weighted by Crippen LogP contribution is -2.02. The van der Waals surface area contributed by atoms with Crippen molar-refractivity contribution in [2.45, 2.75) is 27.7 Å². The van der Waals surface area contributed by atoms with Gasteiger partial charge in [0, 0.05) is 53.3 Å². The van der Waals surface area contributed by atoms with E-state index in [-0.39, 0.29) is 0 Å². The van der Waals surface area contributed by atoms with Crippen LogP contribution in [-0.2, 0) is 0 Å². The van der Waals surface area contributed by atoms with E-state index in [1.807, 2.05) is 29.5 Å². The van der Waals surface area contributed by atoms with E-state index in [0.717, 1.165) is 38.9 Å². The molecule has 0 N–H and O–H groups in total. The number of para-hydroxylation sites is 2. The molecule has 0 radical (unpaired) electrons. The number of aromatic nitrogens is 4. The highest BCUT2D eigenvalue weighted by Crippen LogP contribution is 2.45. The van der Waals surface area contributed by atoms with Gasteiger partial charge in [0.1, 0.15) is 0 Å². The summed E-state index contributed by atoms with van der Waals surface area (Å²) in [5, 5.41) is 5.05. The highest BCUT2D eigenvalue weighted by Gasteiger charge is 2.21. The molecule has 342 valence electrons. The molecule has 0 atom stereocenters. The van der Waals surface area contributed by atoms with E-state index in [9.17, 15) is 0 Å². The molecule has 13 rings (SSSR count). The van der Waals surface area contributed by atoms with E-state index < -0.39 is 0 Å². The third-order valence-electron chi connectivity index (χ3n) is 14.4. The van der Waals surface area contributed by atoms with Crippen molar-refractivity contribution in [3.63, 3.8) is 0 Å². The number of nitrogens with zero attached hydrogens (tertiary/aromatic N) is 4. The van der Waals surface area contributed by atoms with Crippen LogP contribution in [0.3, 0.4) is 0 Å². The lowest BCUT2D eigenvalue weighted by atomic mass is 9.89. The van der Waals surface area contributed by atoms with Crippen LogP contribution in [-0.4, -0.2) is 19.5 Å². The standard InChI is InChI=1S/C67H48N4S/c1-41-17-11-12-23-51(41)56-40-49(32-30-42(56)2)66-68-65(45-19-7-5-8-20-45)69-67(70-66)55-27-15-18-44(4)63(55)57-37-46(31-29-43(57)3)47-34-36-62-59(38-47)54-26-16-25-52(64(54)72-62)48-33-35-61-58(39-48)53-24-13-14-28-60(53)71(61)50-21-9-6-10-22-50/h5-40H,1-4H3. The molecule has 0 bridgehead atoms. The number of aryl methyl sites for hydroxylation is 4. The zero-order valence-corrected chi connectivity index (χ0v) is 41.3. The van der Waals surface area contributed by atoms with E-state index in [1.165, 1.54) is 92.2 Å². The average molecular weight is 941 g/mol. The molecule has 0 saturated carbocycles. The van der Waals surface area contributed by atoms with E-state index in [1.54, 1.807) is 0 Å². The third-order valence-corrected chi connectivity index (χ3v) is 15.7. The number of benzene rings is 10. The van der Waals surface area contributed by atoms with Crippen LogP contribution in [0.1, 0.15) is 22.3 Å². The number of fused-ring (bicyclic) bond motifs is 6. The van der Waals surface area contributed by atoms with Crippen molar-refractivity contribution in [2.24, 2.45) is 0 Å². The maximum Gasteiger partial charge on any atom is 0.164 e. The van der Waals surface area contributed by atoms with Gasteiger partial charge in [0.25, 0.3) is 0 Å². The molecular weight excluding hydrogens is 893 g/mol. The first-order valence-corrected chi connectivity index (χ1v) is 25.4. The fourth-order valence-corrected chi connectivity index (χ4v) is 12.0. The molecule has 0 aliphatic rings. The number of rotatable bonds is 8. The molecule has 0 aliphatic carbocycles. The largest absolute Gasteiger partial charge is 0.309 e. The molecule has 4 nitrogen and oxygen atoms in total. The zero-order valence-electron chi connectivity index (χ0n) is 40.5. The maximum absolute atomic E-state index is 5.33. The van der Waals surface area contributed by atoms with Crippen molar-refractivity contribution >= 4 is 53.3 Å². The van der Waals surface area contributed by atoms with Crippen LogP contribution in [0.15, 0.2) is 218 Å². The minimum Gasteiger partial charge on any atom is -0.309 e. The lowest BCUT2D eigenvalue weighted by Gasteiger charge is -2.17. The lowest BCUT2D eigenvalue weighted by molar-refractivity contribution is 1.07. The summed E-state index contributed by atoms with van der Waals surface area (Å²) in [4.78, 5) is 15.7. The SMILES string of the molecule is Cc1ccccc1-c1cc(-c2nc(-c3ccccc3)nc(-c3cccc(C)c3-c3cc(-c4ccc5sc6c(-c7ccc8c(c7)c7ccccc7n8-c7ccccc7)cccc6c5c4)ccc3C)n2)ccc1C. The summed E-state index contributed by atoms with van der Waals surface area (Å²) in [6.07, 6.45) is 0. The van der Waals surface area contributed by atoms with E-state index >= 15 is 0 Å². The second-order valence-electron chi connectivity index (χ2n) is 19.0. The molecule has 13 aromatic rings. The highest BCUT2D eigenvalue weighted by atomic mass is 32.1. The van der Waals surface area contributed by atoms with Crippen LogP contribution in [0.4, 0.5) is 0 Å². The van der Waals surface area contributed by atoms with Gasteiger partial charge in [0.15, 0.2) is 17.5 Å². The third kappa shape index (κ3) is 7.40. The van der Waals surface area contributed by atoms with Crippen LogP contribution in [0.5, 0.6) is 0 Å². The Balaban J connectivity index is 0.910. The summed E-state index contributed by atoms with van der Waals surface area (Å²) in [6.45, 7) is 8.73. The Labute approximate surface area is 423 Å². The summed E-state index contributed by atoms with van der Waals surface area (Å²) >= 11 is 1.88. The maximum atomic E-state index is 5.33. The van der Waals surface area contributed by atoms with Crippen LogP contribution in [0.2, 0.25) is 0 Å². The molecule has 0 saturated heterocycles. The summed E-state index contributed by atoms with van der Waals surface area (Å²) in [7, 11) is 0. The molecule has 3 aromatic heterocycles. The average Bonchev–Trinajstić information content (AvgIpc) is 3.97. The van der Waals surface area contributed by atoms with Crippen LogP contribution >= 0.6 is 11.3 Å². The van der Waals surface area contributed by atoms with Gasteiger partial charge in [-0.1, -0.05) is 164 Å². The van der Waals surface area contributed by atoms with Gasteiger partial charge in [-0.05, 0) is 149 Å². The molecule has 3 heterocycles. The highest BCUT2D eigenvalue weighted by molar-refractivity contribution is 7.26. The van der Waals surface area contributed by atoms with Gasteiger partial charge in [-0.3, -0.25) is 0 Å². The smallest absolute Gasteiger partial charge is 0.164 e. The van der Waals surface area contributed by atoms with Gasteiger partial charge >= 0.3 is 0 Å². The predicted octanol–water partition coefficient (Wildman–Crippen LogP) is 18.2.